The normalized spacial score (nSPS) is 26.2. The molecule has 23 heavy (non-hydrogen) atoms. The molecule has 0 saturated carbocycles. The average Bonchev–Trinajstić information content (AvgIpc) is 3.14. The van der Waals surface area contributed by atoms with Crippen LogP contribution in [0.15, 0.2) is 36.4 Å². The second kappa shape index (κ2) is 6.27. The minimum atomic E-state index is 0.0516. The number of hydrogen-bond donors (Lipinski definition) is 1. The Morgan fingerprint density at radius 1 is 1.26 bits per heavy atom. The van der Waals surface area contributed by atoms with E-state index in [0.717, 1.165) is 34.2 Å². The van der Waals surface area contributed by atoms with E-state index in [2.05, 4.69) is 10.2 Å². The summed E-state index contributed by atoms with van der Waals surface area (Å²) in [6, 6.07) is 11.9. The predicted molar refractivity (Wildman–Crippen MR) is 95.2 cm³/mol. The number of amides is 1. The lowest BCUT2D eigenvalue weighted by Gasteiger charge is -2.30. The molecule has 1 unspecified atom stereocenters. The van der Waals surface area contributed by atoms with Crippen LogP contribution in [0.25, 0.3) is 10.4 Å². The molecule has 5 heteroatoms. The molecular formula is C18H19ClN2OS. The third-order valence-corrected chi connectivity index (χ3v) is 6.11. The fourth-order valence-corrected chi connectivity index (χ4v) is 4.77. The lowest BCUT2D eigenvalue weighted by Crippen LogP contribution is -2.46. The first kappa shape index (κ1) is 15.2. The minimum absolute atomic E-state index is 0.0516. The highest BCUT2D eigenvalue weighted by molar-refractivity contribution is 7.17. The molecule has 2 aliphatic heterocycles. The molecule has 2 bridgehead atoms. The van der Waals surface area contributed by atoms with Crippen LogP contribution in [-0.2, 0) is 0 Å². The Bertz CT molecular complexity index is 717. The Balaban J connectivity index is 1.45. The molecule has 1 amide bonds. The van der Waals surface area contributed by atoms with E-state index < -0.39 is 0 Å². The van der Waals surface area contributed by atoms with E-state index in [-0.39, 0.29) is 5.91 Å². The molecule has 0 spiro atoms. The summed E-state index contributed by atoms with van der Waals surface area (Å²) in [4.78, 5) is 16.8. The molecule has 1 N–H and O–H groups in total. The summed E-state index contributed by atoms with van der Waals surface area (Å²) >= 11 is 7.57. The van der Waals surface area contributed by atoms with Crippen molar-refractivity contribution < 1.29 is 4.79 Å². The highest BCUT2D eigenvalue weighted by Gasteiger charge is 2.33. The van der Waals surface area contributed by atoms with Gasteiger partial charge in [0.2, 0.25) is 0 Å². The number of nitrogens with zero attached hydrogens (tertiary/aromatic N) is 1. The smallest absolute Gasteiger partial charge is 0.261 e. The van der Waals surface area contributed by atoms with Gasteiger partial charge in [0.1, 0.15) is 0 Å². The van der Waals surface area contributed by atoms with Gasteiger partial charge in [-0.15, -0.1) is 11.3 Å². The van der Waals surface area contributed by atoms with Crippen LogP contribution in [0.4, 0.5) is 0 Å². The zero-order valence-corrected chi connectivity index (χ0v) is 14.4. The van der Waals surface area contributed by atoms with Gasteiger partial charge < -0.3 is 10.2 Å². The van der Waals surface area contributed by atoms with Crippen LogP contribution in [0.5, 0.6) is 0 Å². The van der Waals surface area contributed by atoms with Gasteiger partial charge in [0.05, 0.1) is 4.88 Å². The Labute approximate surface area is 145 Å². The van der Waals surface area contributed by atoms with E-state index in [1.807, 2.05) is 36.4 Å². The molecule has 4 rings (SSSR count). The Morgan fingerprint density at radius 3 is 3.00 bits per heavy atom. The van der Waals surface area contributed by atoms with Gasteiger partial charge >= 0.3 is 0 Å². The molecule has 2 saturated heterocycles. The SMILES string of the molecule is O=C(N[C@@H]1C[C@@H]2CCN(C2)C1)c1ccc(-c2cccc(Cl)c2)s1. The number of hydrogen-bond acceptors (Lipinski definition) is 3. The molecule has 3 atom stereocenters. The largest absolute Gasteiger partial charge is 0.347 e. The second-order valence-corrected chi connectivity index (χ2v) is 8.01. The molecule has 3 heterocycles. The van der Waals surface area contributed by atoms with E-state index in [0.29, 0.717) is 11.1 Å². The summed E-state index contributed by atoms with van der Waals surface area (Å²) in [6.45, 7) is 3.40. The van der Waals surface area contributed by atoms with Gasteiger partial charge in [-0.05, 0) is 55.1 Å². The zero-order valence-electron chi connectivity index (χ0n) is 12.8. The third kappa shape index (κ3) is 3.30. The van der Waals surface area contributed by atoms with Crippen molar-refractivity contribution in [2.45, 2.75) is 18.9 Å². The number of fused-ring (bicyclic) bond motifs is 2. The van der Waals surface area contributed by atoms with Gasteiger partial charge in [-0.1, -0.05) is 23.7 Å². The first-order valence-corrected chi connectivity index (χ1v) is 9.26. The summed E-state index contributed by atoms with van der Waals surface area (Å²) in [7, 11) is 0. The fourth-order valence-electron chi connectivity index (χ4n) is 3.68. The number of carbonyl (C=O) groups is 1. The van der Waals surface area contributed by atoms with Crippen molar-refractivity contribution in [3.63, 3.8) is 0 Å². The Morgan fingerprint density at radius 2 is 2.17 bits per heavy atom. The fraction of sp³-hybridized carbons (Fsp3) is 0.389. The summed E-state index contributed by atoms with van der Waals surface area (Å²) in [5.74, 6) is 0.815. The third-order valence-electron chi connectivity index (χ3n) is 4.74. The van der Waals surface area contributed by atoms with Gasteiger partial charge in [0, 0.05) is 29.0 Å². The predicted octanol–water partition coefficient (Wildman–Crippen LogP) is 3.89. The summed E-state index contributed by atoms with van der Waals surface area (Å²) in [5, 5.41) is 3.93. The topological polar surface area (TPSA) is 32.3 Å². The maximum absolute atomic E-state index is 12.5. The molecule has 0 aliphatic carbocycles. The highest BCUT2D eigenvalue weighted by Crippen LogP contribution is 2.30. The van der Waals surface area contributed by atoms with Crippen molar-refractivity contribution in [1.82, 2.24) is 10.2 Å². The van der Waals surface area contributed by atoms with Crippen LogP contribution in [0, 0.1) is 5.92 Å². The molecule has 120 valence electrons. The van der Waals surface area contributed by atoms with Crippen LogP contribution >= 0.6 is 22.9 Å². The number of halogens is 1. The van der Waals surface area contributed by atoms with Crippen molar-refractivity contribution in [3.8, 4) is 10.4 Å². The molecule has 1 aromatic heterocycles. The molecule has 3 nitrogen and oxygen atoms in total. The van der Waals surface area contributed by atoms with Gasteiger partial charge in [-0.25, -0.2) is 0 Å². The minimum Gasteiger partial charge on any atom is -0.347 e. The van der Waals surface area contributed by atoms with E-state index in [9.17, 15) is 4.79 Å². The lowest BCUT2D eigenvalue weighted by atomic mass is 9.97. The van der Waals surface area contributed by atoms with Crippen molar-refractivity contribution >= 4 is 28.8 Å². The van der Waals surface area contributed by atoms with Crippen LogP contribution in [0.3, 0.4) is 0 Å². The van der Waals surface area contributed by atoms with Gasteiger partial charge in [-0.2, -0.15) is 0 Å². The van der Waals surface area contributed by atoms with Crippen LogP contribution in [-0.4, -0.2) is 36.5 Å². The van der Waals surface area contributed by atoms with Gasteiger partial charge in [0.15, 0.2) is 0 Å². The average molecular weight is 347 g/mol. The van der Waals surface area contributed by atoms with Crippen LogP contribution in [0.1, 0.15) is 22.5 Å². The standard InChI is InChI=1S/C18H19ClN2OS/c19-14-3-1-2-13(9-14)16-4-5-17(23-16)18(22)20-15-8-12-6-7-21(10-12)11-15/h1-5,9,12,15H,6-8,10-11H2,(H,20,22)/t12-,15+/m0/s1. The maximum Gasteiger partial charge on any atom is 0.261 e. The molecule has 1 aromatic carbocycles. The number of piperidine rings is 1. The van der Waals surface area contributed by atoms with Gasteiger partial charge in [0.25, 0.3) is 5.91 Å². The summed E-state index contributed by atoms with van der Waals surface area (Å²) < 4.78 is 0. The van der Waals surface area contributed by atoms with E-state index in [1.165, 1.54) is 30.8 Å². The highest BCUT2D eigenvalue weighted by atomic mass is 35.5. The Hall–Kier alpha value is -1.36. The number of thiophene rings is 1. The lowest BCUT2D eigenvalue weighted by molar-refractivity contribution is 0.0913. The van der Waals surface area contributed by atoms with Gasteiger partial charge in [-0.3, -0.25) is 4.79 Å². The number of benzene rings is 1. The zero-order chi connectivity index (χ0) is 15.8. The molecule has 2 aromatic rings. The molecular weight excluding hydrogens is 328 g/mol. The van der Waals surface area contributed by atoms with Crippen LogP contribution in [0.2, 0.25) is 5.02 Å². The van der Waals surface area contributed by atoms with Crippen molar-refractivity contribution in [1.29, 1.82) is 0 Å². The summed E-state index contributed by atoms with van der Waals surface area (Å²) in [5.41, 5.74) is 1.06. The van der Waals surface area contributed by atoms with E-state index >= 15 is 0 Å². The quantitative estimate of drug-likeness (QED) is 0.914. The van der Waals surface area contributed by atoms with Crippen molar-refractivity contribution in [2.75, 3.05) is 19.6 Å². The Kier molecular flexibility index (Phi) is 4.14. The summed E-state index contributed by atoms with van der Waals surface area (Å²) in [6.07, 6.45) is 2.40. The van der Waals surface area contributed by atoms with E-state index in [1.54, 1.807) is 0 Å². The number of carbonyl (C=O) groups excluding carboxylic acids is 1. The monoisotopic (exact) mass is 346 g/mol. The van der Waals surface area contributed by atoms with Crippen LogP contribution < -0.4 is 5.32 Å². The first-order chi connectivity index (χ1) is 11.2. The molecule has 2 fully saturated rings. The second-order valence-electron chi connectivity index (χ2n) is 6.49. The first-order valence-electron chi connectivity index (χ1n) is 8.06. The number of rotatable bonds is 3. The van der Waals surface area contributed by atoms with Crippen molar-refractivity contribution in [2.24, 2.45) is 5.92 Å². The molecule has 0 radical (unpaired) electrons. The van der Waals surface area contributed by atoms with Crippen molar-refractivity contribution in [3.05, 3.63) is 46.3 Å². The molecule has 2 aliphatic rings. The van der Waals surface area contributed by atoms with E-state index in [4.69, 9.17) is 11.6 Å². The maximum atomic E-state index is 12.5. The number of nitrogens with one attached hydrogen (secondary N) is 1.